The molecule has 0 bridgehead atoms. The van der Waals surface area contributed by atoms with Crippen LogP contribution in [-0.4, -0.2) is 75.8 Å². The van der Waals surface area contributed by atoms with E-state index in [-0.39, 0.29) is 24.7 Å². The summed E-state index contributed by atoms with van der Waals surface area (Å²) in [7, 11) is -4.41. The molecule has 1 fully saturated rings. The quantitative estimate of drug-likeness (QED) is 0.287. The maximum atomic E-state index is 11.6. The number of aromatic hydroxyl groups is 1. The number of nitrogens with two attached hydrogens (primary N) is 1. The second-order valence-corrected chi connectivity index (χ2v) is 6.97. The molecule has 7 N–H and O–H groups in total. The number of aliphatic hydroxyl groups excluding tert-OH is 3. The first kappa shape index (κ1) is 21.0. The number of phenols is 1. The van der Waals surface area contributed by atoms with Crippen LogP contribution in [0.3, 0.4) is 0 Å². The van der Waals surface area contributed by atoms with Gasteiger partial charge in [-0.1, -0.05) is 0 Å². The van der Waals surface area contributed by atoms with Crippen LogP contribution in [0.5, 0.6) is 11.5 Å². The summed E-state index contributed by atoms with van der Waals surface area (Å²) in [5, 5.41) is 39.1. The van der Waals surface area contributed by atoms with Gasteiger partial charge in [-0.25, -0.2) is 4.57 Å². The molecule has 1 aromatic rings. The number of hydrogen-bond acceptors (Lipinski definition) is 10. The lowest BCUT2D eigenvalue weighted by molar-refractivity contribution is -0.276. The monoisotopic (exact) mass is 395 g/mol. The molecule has 0 aliphatic carbocycles. The molecule has 1 aliphatic rings. The van der Waals surface area contributed by atoms with Crippen molar-refractivity contribution in [1.29, 1.82) is 0 Å². The van der Waals surface area contributed by atoms with E-state index in [1.165, 1.54) is 24.3 Å². The first-order chi connectivity index (χ1) is 12.2. The molecular formula is C14H22NO10P. The van der Waals surface area contributed by atoms with Crippen LogP contribution in [0.25, 0.3) is 0 Å². The van der Waals surface area contributed by atoms with Gasteiger partial charge in [-0.05, 0) is 24.3 Å². The number of rotatable bonds is 8. The van der Waals surface area contributed by atoms with Crippen LogP contribution < -0.4 is 10.5 Å². The minimum Gasteiger partial charge on any atom is -0.508 e. The second kappa shape index (κ2) is 9.09. The van der Waals surface area contributed by atoms with Crippen molar-refractivity contribution in [2.24, 2.45) is 5.73 Å². The maximum absolute atomic E-state index is 11.6. The summed E-state index contributed by atoms with van der Waals surface area (Å²) in [6.45, 7) is -0.821. The van der Waals surface area contributed by atoms with Crippen molar-refractivity contribution in [3.05, 3.63) is 24.3 Å². The molecule has 148 valence electrons. The summed E-state index contributed by atoms with van der Waals surface area (Å²) < 4.78 is 31.6. The lowest BCUT2D eigenvalue weighted by atomic mass is 9.99. The van der Waals surface area contributed by atoms with Gasteiger partial charge < -0.3 is 40.5 Å². The number of phenolic OH excluding ortho intramolecular Hbond substituents is 1. The van der Waals surface area contributed by atoms with E-state index >= 15 is 0 Å². The van der Waals surface area contributed by atoms with Gasteiger partial charge in [0.1, 0.15) is 35.9 Å². The highest BCUT2D eigenvalue weighted by molar-refractivity contribution is 7.47. The Hall–Kier alpha value is -1.27. The highest BCUT2D eigenvalue weighted by Crippen LogP contribution is 2.43. The predicted molar refractivity (Wildman–Crippen MR) is 86.2 cm³/mol. The zero-order valence-electron chi connectivity index (χ0n) is 13.6. The van der Waals surface area contributed by atoms with E-state index in [1.54, 1.807) is 0 Å². The van der Waals surface area contributed by atoms with Gasteiger partial charge in [0.05, 0.1) is 13.2 Å². The number of phosphoric acid groups is 1. The van der Waals surface area contributed by atoms with Gasteiger partial charge in [0.2, 0.25) is 6.29 Å². The second-order valence-electron chi connectivity index (χ2n) is 5.51. The first-order valence-corrected chi connectivity index (χ1v) is 9.20. The molecule has 1 aromatic carbocycles. The van der Waals surface area contributed by atoms with E-state index in [1.807, 2.05) is 0 Å². The number of phosphoric ester groups is 1. The summed E-state index contributed by atoms with van der Waals surface area (Å²) in [5.74, 6) is 0.217. The van der Waals surface area contributed by atoms with Crippen LogP contribution in [0.2, 0.25) is 0 Å². The molecule has 1 aliphatic heterocycles. The normalized spacial score (nSPS) is 31.3. The SMILES string of the molecule is NCCOP(=O)(O)OCC1OC(Oc2ccc(O)cc2)C(O)C(O)C1O. The molecule has 12 heteroatoms. The summed E-state index contributed by atoms with van der Waals surface area (Å²) >= 11 is 0. The third kappa shape index (κ3) is 5.61. The molecule has 6 atom stereocenters. The fraction of sp³-hybridized carbons (Fsp3) is 0.571. The highest BCUT2D eigenvalue weighted by atomic mass is 31.2. The zero-order chi connectivity index (χ0) is 19.3. The van der Waals surface area contributed by atoms with E-state index in [0.29, 0.717) is 0 Å². The van der Waals surface area contributed by atoms with Crippen LogP contribution in [0.15, 0.2) is 24.3 Å². The number of ether oxygens (including phenoxy) is 2. The van der Waals surface area contributed by atoms with Crippen LogP contribution in [0, 0.1) is 0 Å². The van der Waals surface area contributed by atoms with Crippen molar-refractivity contribution in [1.82, 2.24) is 0 Å². The van der Waals surface area contributed by atoms with Crippen molar-refractivity contribution in [2.45, 2.75) is 30.7 Å². The van der Waals surface area contributed by atoms with Gasteiger partial charge in [-0.15, -0.1) is 0 Å². The average molecular weight is 395 g/mol. The summed E-state index contributed by atoms with van der Waals surface area (Å²) in [6, 6.07) is 5.48. The Balaban J connectivity index is 2.00. The van der Waals surface area contributed by atoms with E-state index in [0.717, 1.165) is 0 Å². The number of aliphatic hydroxyl groups is 3. The molecular weight excluding hydrogens is 373 g/mol. The van der Waals surface area contributed by atoms with E-state index in [4.69, 9.17) is 19.7 Å². The number of benzene rings is 1. The fourth-order valence-electron chi connectivity index (χ4n) is 2.18. The van der Waals surface area contributed by atoms with Crippen LogP contribution >= 0.6 is 7.82 Å². The molecule has 0 spiro atoms. The van der Waals surface area contributed by atoms with E-state index in [9.17, 15) is 29.9 Å². The molecule has 0 amide bonds. The molecule has 26 heavy (non-hydrogen) atoms. The maximum Gasteiger partial charge on any atom is 0.472 e. The Morgan fingerprint density at radius 1 is 1.08 bits per heavy atom. The van der Waals surface area contributed by atoms with Crippen molar-refractivity contribution in [2.75, 3.05) is 19.8 Å². The Labute approximate surface area is 149 Å². The average Bonchev–Trinajstić information content (AvgIpc) is 2.61. The van der Waals surface area contributed by atoms with Gasteiger partial charge in [0.15, 0.2) is 0 Å². The minimum absolute atomic E-state index is 0.000345. The van der Waals surface area contributed by atoms with Crippen molar-refractivity contribution in [3.63, 3.8) is 0 Å². The lowest BCUT2D eigenvalue weighted by Gasteiger charge is -2.40. The van der Waals surface area contributed by atoms with Gasteiger partial charge in [-0.3, -0.25) is 9.05 Å². The molecule has 2 rings (SSSR count). The standard InChI is InChI=1S/C14H22NO10P/c15-5-6-22-26(20,21)23-7-10-11(17)12(18)13(19)14(25-10)24-9-3-1-8(16)2-4-9/h1-4,10-14,16-19H,5-7,15H2,(H,20,21). The summed E-state index contributed by atoms with van der Waals surface area (Å²) in [4.78, 5) is 9.46. The first-order valence-electron chi connectivity index (χ1n) is 7.71. The molecule has 1 heterocycles. The molecule has 1 saturated heterocycles. The number of hydrogen-bond donors (Lipinski definition) is 6. The third-order valence-corrected chi connectivity index (χ3v) is 4.52. The Morgan fingerprint density at radius 3 is 2.35 bits per heavy atom. The van der Waals surface area contributed by atoms with Crippen molar-refractivity contribution >= 4 is 7.82 Å². The van der Waals surface area contributed by atoms with Gasteiger partial charge >= 0.3 is 7.82 Å². The lowest BCUT2D eigenvalue weighted by Crippen LogP contribution is -2.60. The van der Waals surface area contributed by atoms with Gasteiger partial charge in [0.25, 0.3) is 0 Å². The largest absolute Gasteiger partial charge is 0.508 e. The molecule has 6 unspecified atom stereocenters. The molecule has 0 saturated carbocycles. The highest BCUT2D eigenvalue weighted by Gasteiger charge is 2.45. The van der Waals surface area contributed by atoms with Gasteiger partial charge in [0, 0.05) is 6.54 Å². The van der Waals surface area contributed by atoms with Crippen LogP contribution in [0.4, 0.5) is 0 Å². The molecule has 0 aromatic heterocycles. The summed E-state index contributed by atoms with van der Waals surface area (Å²) in [6.07, 6.45) is -7.52. The molecule has 11 nitrogen and oxygen atoms in total. The summed E-state index contributed by atoms with van der Waals surface area (Å²) in [5.41, 5.74) is 5.16. The van der Waals surface area contributed by atoms with E-state index in [2.05, 4.69) is 4.52 Å². The van der Waals surface area contributed by atoms with Crippen LogP contribution in [0.1, 0.15) is 0 Å². The van der Waals surface area contributed by atoms with Crippen molar-refractivity contribution < 1.29 is 48.4 Å². The van der Waals surface area contributed by atoms with E-state index < -0.39 is 45.1 Å². The Kier molecular flexibility index (Phi) is 7.35. The van der Waals surface area contributed by atoms with Crippen LogP contribution in [-0.2, 0) is 18.3 Å². The smallest absolute Gasteiger partial charge is 0.472 e. The van der Waals surface area contributed by atoms with Crippen molar-refractivity contribution in [3.8, 4) is 11.5 Å². The van der Waals surface area contributed by atoms with Gasteiger partial charge in [-0.2, -0.15) is 0 Å². The Morgan fingerprint density at radius 2 is 1.73 bits per heavy atom. The molecule has 0 radical (unpaired) electrons. The zero-order valence-corrected chi connectivity index (χ0v) is 14.5. The Bertz CT molecular complexity index is 614. The predicted octanol–water partition coefficient (Wildman–Crippen LogP) is -1.33. The third-order valence-electron chi connectivity index (χ3n) is 3.53. The topological polar surface area (TPSA) is 181 Å². The minimum atomic E-state index is -4.41. The fourth-order valence-corrected chi connectivity index (χ4v) is 2.93.